The van der Waals surface area contributed by atoms with Crippen molar-refractivity contribution in [3.63, 3.8) is 0 Å². The van der Waals surface area contributed by atoms with Crippen LogP contribution >= 0.6 is 0 Å². The first-order valence-corrected chi connectivity index (χ1v) is 6.33. The van der Waals surface area contributed by atoms with Crippen molar-refractivity contribution in [2.75, 3.05) is 0 Å². The molecule has 2 nitrogen and oxygen atoms in total. The number of carbonyl (C=O) groups excluding carboxylic acids is 1. The molecule has 96 valence electrons. The summed E-state index contributed by atoms with van der Waals surface area (Å²) in [5.74, 6) is -0.119. The summed E-state index contributed by atoms with van der Waals surface area (Å²) in [5, 5.41) is 0. The zero-order chi connectivity index (χ0) is 13.0. The standard InChI is InChI=1S/C14H28O2/c1-8-9-10-14(6,7)11(2)12(15)16-13(3,4)5/h11H,8-10H2,1-7H3. The van der Waals surface area contributed by atoms with Gasteiger partial charge < -0.3 is 4.74 Å². The smallest absolute Gasteiger partial charge is 0.309 e. The molecule has 0 aromatic rings. The van der Waals surface area contributed by atoms with E-state index in [0.717, 1.165) is 6.42 Å². The zero-order valence-corrected chi connectivity index (χ0v) is 12.0. The number of unbranched alkanes of at least 4 members (excludes halogenated alkanes) is 1. The summed E-state index contributed by atoms with van der Waals surface area (Å²) in [7, 11) is 0. The fraction of sp³-hybridized carbons (Fsp3) is 0.929. The molecule has 0 saturated carbocycles. The van der Waals surface area contributed by atoms with E-state index in [0.29, 0.717) is 0 Å². The molecule has 0 bridgehead atoms. The van der Waals surface area contributed by atoms with Crippen molar-refractivity contribution in [1.29, 1.82) is 0 Å². The quantitative estimate of drug-likeness (QED) is 0.660. The highest BCUT2D eigenvalue weighted by atomic mass is 16.6. The van der Waals surface area contributed by atoms with Crippen LogP contribution < -0.4 is 0 Å². The largest absolute Gasteiger partial charge is 0.460 e. The second kappa shape index (κ2) is 5.70. The van der Waals surface area contributed by atoms with E-state index < -0.39 is 0 Å². The van der Waals surface area contributed by atoms with Crippen molar-refractivity contribution in [3.05, 3.63) is 0 Å². The Bertz CT molecular complexity index is 223. The van der Waals surface area contributed by atoms with Crippen LogP contribution in [0.15, 0.2) is 0 Å². The summed E-state index contributed by atoms with van der Waals surface area (Å²) < 4.78 is 5.43. The number of hydrogen-bond donors (Lipinski definition) is 0. The third-order valence-corrected chi connectivity index (χ3v) is 3.11. The van der Waals surface area contributed by atoms with E-state index in [4.69, 9.17) is 4.74 Å². The first kappa shape index (κ1) is 15.5. The lowest BCUT2D eigenvalue weighted by Gasteiger charge is -2.32. The molecule has 0 fully saturated rings. The topological polar surface area (TPSA) is 26.3 Å². The number of ether oxygens (including phenoxy) is 1. The third-order valence-electron chi connectivity index (χ3n) is 3.11. The van der Waals surface area contributed by atoms with Crippen molar-refractivity contribution < 1.29 is 9.53 Å². The van der Waals surface area contributed by atoms with Gasteiger partial charge in [-0.3, -0.25) is 4.79 Å². The number of rotatable bonds is 5. The molecule has 0 rings (SSSR count). The Balaban J connectivity index is 4.41. The van der Waals surface area contributed by atoms with E-state index in [9.17, 15) is 4.79 Å². The monoisotopic (exact) mass is 228 g/mol. The molecule has 0 aliphatic carbocycles. The lowest BCUT2D eigenvalue weighted by molar-refractivity contribution is -0.163. The minimum atomic E-state index is -0.383. The van der Waals surface area contributed by atoms with Gasteiger partial charge in [-0.05, 0) is 32.6 Å². The van der Waals surface area contributed by atoms with Crippen LogP contribution in [0.3, 0.4) is 0 Å². The predicted octanol–water partition coefficient (Wildman–Crippen LogP) is 4.18. The minimum absolute atomic E-state index is 0.0261. The summed E-state index contributed by atoms with van der Waals surface area (Å²) in [6.07, 6.45) is 3.41. The van der Waals surface area contributed by atoms with Crippen LogP contribution in [0, 0.1) is 11.3 Å². The molecule has 0 aliphatic rings. The summed E-state index contributed by atoms with van der Waals surface area (Å²) >= 11 is 0. The van der Waals surface area contributed by atoms with Gasteiger partial charge in [-0.25, -0.2) is 0 Å². The van der Waals surface area contributed by atoms with Crippen LogP contribution in [0.2, 0.25) is 0 Å². The molecule has 0 saturated heterocycles. The molecular weight excluding hydrogens is 200 g/mol. The summed E-state index contributed by atoms with van der Waals surface area (Å²) in [6.45, 7) is 14.2. The number of carbonyl (C=O) groups is 1. The Morgan fingerprint density at radius 2 is 1.69 bits per heavy atom. The first-order valence-electron chi connectivity index (χ1n) is 6.33. The highest BCUT2D eigenvalue weighted by molar-refractivity contribution is 5.73. The van der Waals surface area contributed by atoms with Crippen molar-refractivity contribution in [3.8, 4) is 0 Å². The first-order chi connectivity index (χ1) is 7.10. The van der Waals surface area contributed by atoms with Gasteiger partial charge in [-0.2, -0.15) is 0 Å². The van der Waals surface area contributed by atoms with E-state index in [1.54, 1.807) is 0 Å². The van der Waals surface area contributed by atoms with Crippen molar-refractivity contribution in [2.45, 2.75) is 73.3 Å². The van der Waals surface area contributed by atoms with Gasteiger partial charge in [0.05, 0.1) is 5.92 Å². The van der Waals surface area contributed by atoms with Gasteiger partial charge in [-0.15, -0.1) is 0 Å². The molecule has 0 amide bonds. The second-order valence-corrected chi connectivity index (χ2v) is 6.35. The van der Waals surface area contributed by atoms with E-state index >= 15 is 0 Å². The molecule has 0 heterocycles. The van der Waals surface area contributed by atoms with Crippen LogP contribution in [0.1, 0.15) is 67.7 Å². The lowest BCUT2D eigenvalue weighted by atomic mass is 9.76. The Morgan fingerprint density at radius 1 is 1.19 bits per heavy atom. The Kier molecular flexibility index (Phi) is 5.51. The van der Waals surface area contributed by atoms with Crippen molar-refractivity contribution in [1.82, 2.24) is 0 Å². The summed E-state index contributed by atoms with van der Waals surface area (Å²) in [4.78, 5) is 11.9. The summed E-state index contributed by atoms with van der Waals surface area (Å²) in [5.41, 5.74) is -0.357. The molecule has 2 heteroatoms. The van der Waals surface area contributed by atoms with Gasteiger partial charge in [0.15, 0.2) is 0 Å². The van der Waals surface area contributed by atoms with Crippen LogP contribution in [-0.2, 0) is 9.53 Å². The number of esters is 1. The molecule has 0 radical (unpaired) electrons. The summed E-state index contributed by atoms with van der Waals surface area (Å²) in [6, 6.07) is 0. The molecule has 1 unspecified atom stereocenters. The van der Waals surface area contributed by atoms with Crippen LogP contribution in [0.4, 0.5) is 0 Å². The maximum atomic E-state index is 11.9. The molecule has 0 N–H and O–H groups in total. The van der Waals surface area contributed by atoms with Crippen molar-refractivity contribution >= 4 is 5.97 Å². The highest BCUT2D eigenvalue weighted by Crippen LogP contribution is 2.34. The van der Waals surface area contributed by atoms with E-state index in [1.165, 1.54) is 12.8 Å². The lowest BCUT2D eigenvalue weighted by Crippen LogP contribution is -2.35. The van der Waals surface area contributed by atoms with Gasteiger partial charge in [0.2, 0.25) is 0 Å². The molecule has 0 aliphatic heterocycles. The molecule has 0 aromatic carbocycles. The van der Waals surface area contributed by atoms with Gasteiger partial charge >= 0.3 is 5.97 Å². The maximum Gasteiger partial charge on any atom is 0.309 e. The van der Waals surface area contributed by atoms with Gasteiger partial charge in [0.25, 0.3) is 0 Å². The molecule has 0 spiro atoms. The third kappa shape index (κ3) is 5.53. The minimum Gasteiger partial charge on any atom is -0.460 e. The predicted molar refractivity (Wildman–Crippen MR) is 68.3 cm³/mol. The number of hydrogen-bond acceptors (Lipinski definition) is 2. The Hall–Kier alpha value is -0.530. The van der Waals surface area contributed by atoms with E-state index in [-0.39, 0.29) is 22.9 Å². The average molecular weight is 228 g/mol. The van der Waals surface area contributed by atoms with E-state index in [1.807, 2.05) is 27.7 Å². The van der Waals surface area contributed by atoms with Gasteiger partial charge in [-0.1, -0.05) is 40.5 Å². The molecule has 0 aromatic heterocycles. The van der Waals surface area contributed by atoms with Gasteiger partial charge in [0, 0.05) is 0 Å². The molecule has 16 heavy (non-hydrogen) atoms. The van der Waals surface area contributed by atoms with Crippen LogP contribution in [0.5, 0.6) is 0 Å². The van der Waals surface area contributed by atoms with E-state index in [2.05, 4.69) is 20.8 Å². The molecular formula is C14H28O2. The maximum absolute atomic E-state index is 11.9. The van der Waals surface area contributed by atoms with Crippen LogP contribution in [-0.4, -0.2) is 11.6 Å². The molecule has 1 atom stereocenters. The van der Waals surface area contributed by atoms with Gasteiger partial charge in [0.1, 0.15) is 5.60 Å². The van der Waals surface area contributed by atoms with Crippen LogP contribution in [0.25, 0.3) is 0 Å². The Labute approximate surface area is 101 Å². The normalized spacial score (nSPS) is 14.7. The zero-order valence-electron chi connectivity index (χ0n) is 12.0. The fourth-order valence-corrected chi connectivity index (χ4v) is 1.56. The SMILES string of the molecule is CCCCC(C)(C)C(C)C(=O)OC(C)(C)C. The average Bonchev–Trinajstić information content (AvgIpc) is 2.10. The second-order valence-electron chi connectivity index (χ2n) is 6.35. The fourth-order valence-electron chi connectivity index (χ4n) is 1.56. The van der Waals surface area contributed by atoms with Crippen molar-refractivity contribution in [2.24, 2.45) is 11.3 Å². The highest BCUT2D eigenvalue weighted by Gasteiger charge is 2.33. The Morgan fingerprint density at radius 3 is 2.06 bits per heavy atom.